The van der Waals surface area contributed by atoms with Gasteiger partial charge in [0, 0.05) is 43.2 Å². The van der Waals surface area contributed by atoms with Crippen LogP contribution in [0.5, 0.6) is 0 Å². The second-order valence-corrected chi connectivity index (χ2v) is 7.86. The SMILES string of the molecule is CCNC(=NCCCCc1nc(C)cs1)N1CCC(c2ccccc2)C1.I. The molecule has 27 heavy (non-hydrogen) atoms. The number of aromatic nitrogens is 1. The molecule has 1 fully saturated rings. The number of nitrogens with zero attached hydrogens (tertiary/aromatic N) is 3. The zero-order chi connectivity index (χ0) is 18.2. The van der Waals surface area contributed by atoms with Crippen molar-refractivity contribution in [3.05, 3.63) is 52.0 Å². The van der Waals surface area contributed by atoms with E-state index in [4.69, 9.17) is 4.99 Å². The molecule has 1 atom stereocenters. The first-order valence-electron chi connectivity index (χ1n) is 9.75. The Hall–Kier alpha value is -1.15. The minimum atomic E-state index is 0. The summed E-state index contributed by atoms with van der Waals surface area (Å²) in [6, 6.07) is 10.9. The lowest BCUT2D eigenvalue weighted by atomic mass is 9.99. The van der Waals surface area contributed by atoms with Crippen molar-refractivity contribution in [2.45, 2.75) is 45.4 Å². The van der Waals surface area contributed by atoms with Crippen LogP contribution in [0.1, 0.15) is 48.4 Å². The summed E-state index contributed by atoms with van der Waals surface area (Å²) in [5.41, 5.74) is 2.59. The third kappa shape index (κ3) is 6.75. The average molecular weight is 498 g/mol. The van der Waals surface area contributed by atoms with Gasteiger partial charge in [0.15, 0.2) is 5.96 Å². The first-order chi connectivity index (χ1) is 12.8. The molecule has 0 bridgehead atoms. The third-order valence-electron chi connectivity index (χ3n) is 4.82. The highest BCUT2D eigenvalue weighted by Gasteiger charge is 2.25. The zero-order valence-electron chi connectivity index (χ0n) is 16.4. The Labute approximate surface area is 184 Å². The van der Waals surface area contributed by atoms with Gasteiger partial charge in [-0.1, -0.05) is 30.3 Å². The molecule has 0 spiro atoms. The van der Waals surface area contributed by atoms with E-state index in [9.17, 15) is 0 Å². The maximum Gasteiger partial charge on any atom is 0.193 e. The fourth-order valence-corrected chi connectivity index (χ4v) is 4.28. The average Bonchev–Trinajstić information content (AvgIpc) is 3.31. The first kappa shape index (κ1) is 22.1. The standard InChI is InChI=1S/C21H30N4S.HI/c1-3-22-21(23-13-8-7-11-20-24-17(2)16-26-20)25-14-12-19(15-25)18-9-5-4-6-10-18;/h4-6,9-10,16,19H,3,7-8,11-15H2,1-2H3,(H,22,23);1H. The van der Waals surface area contributed by atoms with Crippen LogP contribution in [0.2, 0.25) is 0 Å². The molecule has 1 aliphatic heterocycles. The van der Waals surface area contributed by atoms with Gasteiger partial charge in [-0.25, -0.2) is 4.98 Å². The lowest BCUT2D eigenvalue weighted by Crippen LogP contribution is -2.40. The quantitative estimate of drug-likeness (QED) is 0.257. The van der Waals surface area contributed by atoms with E-state index < -0.39 is 0 Å². The molecule has 0 saturated carbocycles. The Morgan fingerprint density at radius 3 is 2.81 bits per heavy atom. The van der Waals surface area contributed by atoms with Gasteiger partial charge in [0.2, 0.25) is 0 Å². The van der Waals surface area contributed by atoms with E-state index in [0.717, 1.165) is 57.1 Å². The highest BCUT2D eigenvalue weighted by atomic mass is 127. The van der Waals surface area contributed by atoms with Gasteiger partial charge in [-0.15, -0.1) is 35.3 Å². The van der Waals surface area contributed by atoms with Crippen molar-refractivity contribution >= 4 is 41.3 Å². The van der Waals surface area contributed by atoms with Gasteiger partial charge in [0.1, 0.15) is 0 Å². The predicted octanol–water partition coefficient (Wildman–Crippen LogP) is 4.85. The zero-order valence-corrected chi connectivity index (χ0v) is 19.5. The Balaban J connectivity index is 0.00000261. The monoisotopic (exact) mass is 498 g/mol. The lowest BCUT2D eigenvalue weighted by Gasteiger charge is -2.21. The van der Waals surface area contributed by atoms with Gasteiger partial charge in [0.05, 0.1) is 5.01 Å². The number of thiazole rings is 1. The predicted molar refractivity (Wildman–Crippen MR) is 127 cm³/mol. The highest BCUT2D eigenvalue weighted by Crippen LogP contribution is 2.26. The van der Waals surface area contributed by atoms with Crippen molar-refractivity contribution in [1.82, 2.24) is 15.2 Å². The fraction of sp³-hybridized carbons (Fsp3) is 0.524. The summed E-state index contributed by atoms with van der Waals surface area (Å²) < 4.78 is 0. The minimum Gasteiger partial charge on any atom is -0.357 e. The van der Waals surface area contributed by atoms with E-state index >= 15 is 0 Å². The number of likely N-dealkylation sites (tertiary alicyclic amines) is 1. The number of unbranched alkanes of at least 4 members (excludes halogenated alkanes) is 1. The van der Waals surface area contributed by atoms with Crippen LogP contribution >= 0.6 is 35.3 Å². The molecule has 0 amide bonds. The number of aliphatic imine (C=N–C) groups is 1. The normalized spacial score (nSPS) is 17.0. The van der Waals surface area contributed by atoms with Gasteiger partial charge >= 0.3 is 0 Å². The van der Waals surface area contributed by atoms with Gasteiger partial charge in [-0.3, -0.25) is 4.99 Å². The van der Waals surface area contributed by atoms with Gasteiger partial charge in [-0.05, 0) is 45.1 Å². The Morgan fingerprint density at radius 2 is 2.11 bits per heavy atom. The van der Waals surface area contributed by atoms with Crippen molar-refractivity contribution in [2.75, 3.05) is 26.2 Å². The molecular formula is C21H31IN4S. The maximum absolute atomic E-state index is 4.87. The number of benzene rings is 1. The van der Waals surface area contributed by atoms with E-state index in [1.54, 1.807) is 11.3 Å². The molecule has 2 heterocycles. The molecule has 0 aliphatic carbocycles. The van der Waals surface area contributed by atoms with Gasteiger partial charge in [-0.2, -0.15) is 0 Å². The van der Waals surface area contributed by atoms with E-state index in [-0.39, 0.29) is 24.0 Å². The summed E-state index contributed by atoms with van der Waals surface area (Å²) in [4.78, 5) is 11.8. The summed E-state index contributed by atoms with van der Waals surface area (Å²) in [7, 11) is 0. The van der Waals surface area contributed by atoms with Crippen LogP contribution in [0.4, 0.5) is 0 Å². The van der Waals surface area contributed by atoms with Crippen LogP contribution in [0.3, 0.4) is 0 Å². The molecule has 6 heteroatoms. The second-order valence-electron chi connectivity index (χ2n) is 6.92. The number of aryl methyl sites for hydroxylation is 2. The number of nitrogens with one attached hydrogen (secondary N) is 1. The molecule has 1 N–H and O–H groups in total. The molecule has 2 aromatic rings. The Kier molecular flexibility index (Phi) is 9.54. The van der Waals surface area contributed by atoms with Crippen LogP contribution in [0.15, 0.2) is 40.7 Å². The molecule has 1 unspecified atom stereocenters. The van der Waals surface area contributed by atoms with Crippen LogP contribution < -0.4 is 5.32 Å². The molecule has 0 radical (unpaired) electrons. The molecule has 148 valence electrons. The molecular weight excluding hydrogens is 467 g/mol. The summed E-state index contributed by atoms with van der Waals surface area (Å²) >= 11 is 1.77. The smallest absolute Gasteiger partial charge is 0.193 e. The number of guanidine groups is 1. The molecule has 4 nitrogen and oxygen atoms in total. The number of halogens is 1. The second kappa shape index (κ2) is 11.6. The van der Waals surface area contributed by atoms with Crippen molar-refractivity contribution < 1.29 is 0 Å². The lowest BCUT2D eigenvalue weighted by molar-refractivity contribution is 0.485. The fourth-order valence-electron chi connectivity index (χ4n) is 3.47. The van der Waals surface area contributed by atoms with E-state index in [1.165, 1.54) is 17.0 Å². The van der Waals surface area contributed by atoms with E-state index in [2.05, 4.69) is 64.8 Å². The van der Waals surface area contributed by atoms with E-state index in [0.29, 0.717) is 5.92 Å². The summed E-state index contributed by atoms with van der Waals surface area (Å²) in [6.07, 6.45) is 4.55. The largest absolute Gasteiger partial charge is 0.357 e. The molecule has 1 saturated heterocycles. The highest BCUT2D eigenvalue weighted by molar-refractivity contribution is 14.0. The summed E-state index contributed by atoms with van der Waals surface area (Å²) in [5.74, 6) is 1.70. The van der Waals surface area contributed by atoms with Crippen LogP contribution in [-0.4, -0.2) is 42.0 Å². The van der Waals surface area contributed by atoms with Gasteiger partial charge < -0.3 is 10.2 Å². The van der Waals surface area contributed by atoms with E-state index in [1.807, 2.05) is 0 Å². The third-order valence-corrected chi connectivity index (χ3v) is 5.85. The van der Waals surface area contributed by atoms with Crippen molar-refractivity contribution in [3.63, 3.8) is 0 Å². The van der Waals surface area contributed by atoms with Crippen molar-refractivity contribution in [2.24, 2.45) is 4.99 Å². The minimum absolute atomic E-state index is 0. The molecule has 1 aromatic carbocycles. The molecule has 1 aliphatic rings. The van der Waals surface area contributed by atoms with Crippen LogP contribution in [-0.2, 0) is 6.42 Å². The summed E-state index contributed by atoms with van der Waals surface area (Å²) in [5, 5.41) is 6.86. The number of hydrogen-bond donors (Lipinski definition) is 1. The van der Waals surface area contributed by atoms with Gasteiger partial charge in [0.25, 0.3) is 0 Å². The first-order valence-corrected chi connectivity index (χ1v) is 10.6. The summed E-state index contributed by atoms with van der Waals surface area (Å²) in [6.45, 7) is 8.16. The maximum atomic E-state index is 4.87. The van der Waals surface area contributed by atoms with Crippen molar-refractivity contribution in [3.8, 4) is 0 Å². The number of hydrogen-bond acceptors (Lipinski definition) is 3. The van der Waals surface area contributed by atoms with Crippen LogP contribution in [0, 0.1) is 6.92 Å². The number of rotatable bonds is 7. The van der Waals surface area contributed by atoms with Crippen molar-refractivity contribution in [1.29, 1.82) is 0 Å². The Bertz CT molecular complexity index is 701. The molecule has 1 aromatic heterocycles. The molecule has 3 rings (SSSR count). The van der Waals surface area contributed by atoms with Crippen LogP contribution in [0.25, 0.3) is 0 Å². The topological polar surface area (TPSA) is 40.5 Å². The Morgan fingerprint density at radius 1 is 1.30 bits per heavy atom.